The van der Waals surface area contributed by atoms with Crippen LogP contribution >= 0.6 is 11.6 Å². The number of halogens is 1. The number of benzene rings is 1. The third-order valence-electron chi connectivity index (χ3n) is 3.31. The van der Waals surface area contributed by atoms with Crippen LogP contribution in [0.3, 0.4) is 0 Å². The molecule has 0 spiro atoms. The van der Waals surface area contributed by atoms with E-state index in [4.69, 9.17) is 21.1 Å². The summed E-state index contributed by atoms with van der Waals surface area (Å²) in [5.74, 6) is 1.57. The third-order valence-corrected chi connectivity index (χ3v) is 3.59. The van der Waals surface area contributed by atoms with Crippen LogP contribution in [0.1, 0.15) is 11.1 Å². The first-order valence-corrected chi connectivity index (χ1v) is 6.50. The number of pyridine rings is 1. The van der Waals surface area contributed by atoms with Crippen LogP contribution in [0.2, 0.25) is 5.02 Å². The van der Waals surface area contributed by atoms with E-state index in [9.17, 15) is 0 Å². The predicted molar refractivity (Wildman–Crippen MR) is 73.7 cm³/mol. The first-order valence-electron chi connectivity index (χ1n) is 6.12. The second-order valence-electron chi connectivity index (χ2n) is 4.85. The Morgan fingerprint density at radius 3 is 2.47 bits per heavy atom. The molecular weight excluding hydrogens is 262 g/mol. The van der Waals surface area contributed by atoms with Crippen molar-refractivity contribution in [3.8, 4) is 22.8 Å². The van der Waals surface area contributed by atoms with Gasteiger partial charge in [0.25, 0.3) is 0 Å². The average Bonchev–Trinajstić information content (AvgIpc) is 2.74. The summed E-state index contributed by atoms with van der Waals surface area (Å²) in [6.07, 6.45) is 2.06. The lowest BCUT2D eigenvalue weighted by molar-refractivity contribution is -0.660. The molecule has 3 nitrogen and oxygen atoms in total. The molecule has 4 heteroatoms. The van der Waals surface area contributed by atoms with E-state index in [2.05, 4.69) is 6.20 Å². The molecular formula is C15H15ClNO2+. The average molecular weight is 277 g/mol. The molecule has 3 rings (SSSR count). The number of aromatic nitrogens is 1. The summed E-state index contributed by atoms with van der Waals surface area (Å²) in [4.78, 5) is 0. The standard InChI is InChI=1S/C15H15ClNO2/c1-9-4-12(16)15(17(3)7-9)11-6-14-13(5-10(11)2)18-8-19-14/h4-7H,8H2,1-3H3/q+1. The van der Waals surface area contributed by atoms with E-state index in [1.165, 1.54) is 0 Å². The molecule has 0 saturated heterocycles. The van der Waals surface area contributed by atoms with Crippen LogP contribution in [-0.2, 0) is 7.05 Å². The Bertz CT molecular complexity index is 644. The number of hydrogen-bond donors (Lipinski definition) is 0. The molecule has 0 saturated carbocycles. The van der Waals surface area contributed by atoms with Crippen molar-refractivity contribution in [1.29, 1.82) is 0 Å². The molecule has 1 aromatic heterocycles. The molecule has 0 N–H and O–H groups in total. The Hall–Kier alpha value is -1.74. The van der Waals surface area contributed by atoms with Crippen LogP contribution in [0.5, 0.6) is 11.5 Å². The zero-order chi connectivity index (χ0) is 13.6. The Labute approximate surface area is 117 Å². The van der Waals surface area contributed by atoms with Crippen molar-refractivity contribution in [2.75, 3.05) is 6.79 Å². The van der Waals surface area contributed by atoms with E-state index in [-0.39, 0.29) is 6.79 Å². The van der Waals surface area contributed by atoms with Gasteiger partial charge in [0.1, 0.15) is 12.1 Å². The van der Waals surface area contributed by atoms with Crippen LogP contribution in [0, 0.1) is 13.8 Å². The second kappa shape index (κ2) is 4.42. The maximum atomic E-state index is 6.40. The number of fused-ring (bicyclic) bond motifs is 1. The van der Waals surface area contributed by atoms with Gasteiger partial charge in [0, 0.05) is 5.56 Å². The molecule has 1 aromatic carbocycles. The fourth-order valence-electron chi connectivity index (χ4n) is 2.46. The SMILES string of the molecule is Cc1cc(Cl)c(-c2cc3c(cc2C)OCO3)[n+](C)c1. The molecule has 0 fully saturated rings. The Morgan fingerprint density at radius 2 is 1.79 bits per heavy atom. The Kier molecular flexibility index (Phi) is 2.86. The monoisotopic (exact) mass is 276 g/mol. The van der Waals surface area contributed by atoms with Gasteiger partial charge >= 0.3 is 0 Å². The number of ether oxygens (including phenoxy) is 2. The minimum Gasteiger partial charge on any atom is -0.454 e. The lowest BCUT2D eigenvalue weighted by Gasteiger charge is -2.08. The fraction of sp³-hybridized carbons (Fsp3) is 0.267. The molecule has 0 amide bonds. The number of aryl methyl sites for hydroxylation is 3. The van der Waals surface area contributed by atoms with Crippen molar-refractivity contribution in [2.24, 2.45) is 7.05 Å². The minimum atomic E-state index is 0.284. The molecule has 0 bridgehead atoms. The van der Waals surface area contributed by atoms with Crippen LogP contribution in [0.4, 0.5) is 0 Å². The highest BCUT2D eigenvalue weighted by Gasteiger charge is 2.22. The van der Waals surface area contributed by atoms with Gasteiger partial charge in [0.05, 0.1) is 5.56 Å². The fourth-order valence-corrected chi connectivity index (χ4v) is 2.87. The van der Waals surface area contributed by atoms with Crippen LogP contribution < -0.4 is 14.0 Å². The lowest BCUT2D eigenvalue weighted by Crippen LogP contribution is -2.31. The number of rotatable bonds is 1. The minimum absolute atomic E-state index is 0.284. The van der Waals surface area contributed by atoms with E-state index in [0.29, 0.717) is 0 Å². The largest absolute Gasteiger partial charge is 0.454 e. The van der Waals surface area contributed by atoms with Gasteiger partial charge in [-0.05, 0) is 37.6 Å². The van der Waals surface area contributed by atoms with Gasteiger partial charge in [-0.2, -0.15) is 4.57 Å². The van der Waals surface area contributed by atoms with E-state index in [0.717, 1.165) is 38.9 Å². The summed E-state index contributed by atoms with van der Waals surface area (Å²) in [5.41, 5.74) is 4.31. The summed E-state index contributed by atoms with van der Waals surface area (Å²) in [7, 11) is 2.00. The summed E-state index contributed by atoms with van der Waals surface area (Å²) in [5, 5.41) is 0.740. The van der Waals surface area contributed by atoms with Crippen molar-refractivity contribution in [2.45, 2.75) is 13.8 Å². The van der Waals surface area contributed by atoms with Gasteiger partial charge in [-0.25, -0.2) is 0 Å². The first-order chi connectivity index (χ1) is 9.06. The van der Waals surface area contributed by atoms with Crippen LogP contribution in [0.15, 0.2) is 24.4 Å². The molecule has 1 aliphatic heterocycles. The predicted octanol–water partition coefficient (Wildman–Crippen LogP) is 3.18. The molecule has 1 aliphatic rings. The van der Waals surface area contributed by atoms with E-state index < -0.39 is 0 Å². The van der Waals surface area contributed by atoms with Crippen molar-refractivity contribution in [3.63, 3.8) is 0 Å². The Morgan fingerprint density at radius 1 is 1.11 bits per heavy atom. The quantitative estimate of drug-likeness (QED) is 0.747. The highest BCUT2D eigenvalue weighted by atomic mass is 35.5. The normalized spacial score (nSPS) is 12.8. The van der Waals surface area contributed by atoms with Crippen LogP contribution in [0.25, 0.3) is 11.3 Å². The summed E-state index contributed by atoms with van der Waals surface area (Å²) in [6, 6.07) is 5.96. The highest BCUT2D eigenvalue weighted by molar-refractivity contribution is 6.32. The zero-order valence-electron chi connectivity index (χ0n) is 11.2. The van der Waals surface area contributed by atoms with Crippen molar-refractivity contribution in [1.82, 2.24) is 0 Å². The lowest BCUT2D eigenvalue weighted by atomic mass is 10.0. The third kappa shape index (κ3) is 2.04. The number of hydrogen-bond acceptors (Lipinski definition) is 2. The molecule has 2 heterocycles. The second-order valence-corrected chi connectivity index (χ2v) is 5.25. The van der Waals surface area contributed by atoms with Gasteiger partial charge in [0.15, 0.2) is 17.7 Å². The topological polar surface area (TPSA) is 22.3 Å². The summed E-state index contributed by atoms with van der Waals surface area (Å²) >= 11 is 6.40. The van der Waals surface area contributed by atoms with Crippen molar-refractivity contribution >= 4 is 11.6 Å². The van der Waals surface area contributed by atoms with Crippen molar-refractivity contribution in [3.05, 3.63) is 40.5 Å². The molecule has 0 aliphatic carbocycles. The van der Waals surface area contributed by atoms with Gasteiger partial charge in [0.2, 0.25) is 12.5 Å². The molecule has 0 atom stereocenters. The van der Waals surface area contributed by atoms with E-state index in [1.54, 1.807) is 0 Å². The highest BCUT2D eigenvalue weighted by Crippen LogP contribution is 2.39. The molecule has 0 unspecified atom stereocenters. The zero-order valence-corrected chi connectivity index (χ0v) is 11.9. The van der Waals surface area contributed by atoms with Crippen LogP contribution in [-0.4, -0.2) is 6.79 Å². The Balaban J connectivity index is 2.23. The van der Waals surface area contributed by atoms with Gasteiger partial charge < -0.3 is 9.47 Å². The van der Waals surface area contributed by atoms with Gasteiger partial charge in [-0.1, -0.05) is 11.6 Å². The molecule has 2 aromatic rings. The summed E-state index contributed by atoms with van der Waals surface area (Å²) in [6.45, 7) is 4.36. The van der Waals surface area contributed by atoms with E-state index in [1.807, 2.05) is 43.7 Å². The molecule has 0 radical (unpaired) electrons. The van der Waals surface area contributed by atoms with Crippen molar-refractivity contribution < 1.29 is 14.0 Å². The maximum Gasteiger partial charge on any atom is 0.231 e. The van der Waals surface area contributed by atoms with E-state index >= 15 is 0 Å². The van der Waals surface area contributed by atoms with Gasteiger partial charge in [-0.15, -0.1) is 0 Å². The maximum absolute atomic E-state index is 6.40. The molecule has 19 heavy (non-hydrogen) atoms. The first kappa shape index (κ1) is 12.3. The number of nitrogens with zero attached hydrogens (tertiary/aromatic N) is 1. The van der Waals surface area contributed by atoms with Gasteiger partial charge in [-0.3, -0.25) is 0 Å². The molecule has 98 valence electrons. The smallest absolute Gasteiger partial charge is 0.231 e. The summed E-state index contributed by atoms with van der Waals surface area (Å²) < 4.78 is 12.9.